The summed E-state index contributed by atoms with van der Waals surface area (Å²) in [7, 11) is -4.23. The van der Waals surface area contributed by atoms with Crippen molar-refractivity contribution in [3.05, 3.63) is 63.2 Å². The Morgan fingerprint density at radius 2 is 1.92 bits per heavy atom. The summed E-state index contributed by atoms with van der Waals surface area (Å²) in [5, 5.41) is 11.2. The first-order chi connectivity index (χ1) is 12.1. The van der Waals surface area contributed by atoms with E-state index in [0.717, 1.165) is 10.4 Å². The second-order valence-corrected chi connectivity index (χ2v) is 7.98. The van der Waals surface area contributed by atoms with Crippen molar-refractivity contribution in [2.45, 2.75) is 31.2 Å². The average molecular weight is 375 g/mol. The molecule has 136 valence electrons. The minimum atomic E-state index is -4.23. The summed E-state index contributed by atoms with van der Waals surface area (Å²) < 4.78 is 27.7. The molecule has 1 heterocycles. The molecule has 26 heavy (non-hydrogen) atoms. The number of anilines is 1. The summed E-state index contributed by atoms with van der Waals surface area (Å²) in [6.07, 6.45) is 0.164. The average Bonchev–Trinajstić information content (AvgIpc) is 2.97. The fourth-order valence-corrected chi connectivity index (χ4v) is 5.14. The molecule has 1 atom stereocenters. The van der Waals surface area contributed by atoms with Crippen molar-refractivity contribution in [1.29, 1.82) is 0 Å². The van der Waals surface area contributed by atoms with Gasteiger partial charge in [-0.15, -0.1) is 0 Å². The van der Waals surface area contributed by atoms with Gasteiger partial charge in [-0.3, -0.25) is 19.2 Å². The number of hydrogen-bond acceptors (Lipinski definition) is 5. The van der Waals surface area contributed by atoms with Crippen molar-refractivity contribution in [2.75, 3.05) is 4.31 Å². The zero-order chi connectivity index (χ0) is 19.2. The molecule has 0 unspecified atom stereocenters. The molecule has 8 nitrogen and oxygen atoms in total. The van der Waals surface area contributed by atoms with Crippen molar-refractivity contribution in [3.8, 4) is 0 Å². The normalized spacial score (nSPS) is 16.4. The number of nitro groups is 1. The molecule has 2 aromatic carbocycles. The van der Waals surface area contributed by atoms with Gasteiger partial charge in [0.2, 0.25) is 5.91 Å². The van der Waals surface area contributed by atoms with Crippen LogP contribution in [0.5, 0.6) is 0 Å². The lowest BCUT2D eigenvalue weighted by Crippen LogP contribution is -2.46. The SMILES string of the molecule is Cc1cc([N+](=O)[O-])cc(S(=O)(=O)N2c3ccccc3C[C@H]2C(N)=O)c1C. The van der Waals surface area contributed by atoms with Gasteiger partial charge in [-0.25, -0.2) is 8.42 Å². The maximum atomic E-state index is 13.4. The van der Waals surface area contributed by atoms with Crippen LogP contribution in [0.15, 0.2) is 41.3 Å². The molecule has 2 aromatic rings. The standard InChI is InChI=1S/C17H17N3O5S/c1-10-7-13(20(22)23)9-16(11(10)2)26(24,25)19-14-6-4-3-5-12(14)8-15(19)17(18)21/h3-7,9,15H,8H2,1-2H3,(H2,18,21)/t15-/m0/s1. The van der Waals surface area contributed by atoms with Crippen molar-refractivity contribution in [2.24, 2.45) is 5.73 Å². The van der Waals surface area contributed by atoms with E-state index in [1.54, 1.807) is 38.1 Å². The van der Waals surface area contributed by atoms with Gasteiger partial charge in [-0.05, 0) is 36.6 Å². The number of para-hydroxylation sites is 1. The molecule has 1 aliphatic rings. The number of rotatable bonds is 4. The number of amides is 1. The van der Waals surface area contributed by atoms with Crippen molar-refractivity contribution >= 4 is 27.3 Å². The summed E-state index contributed by atoms with van der Waals surface area (Å²) in [4.78, 5) is 22.2. The van der Waals surface area contributed by atoms with Crippen LogP contribution in [0.2, 0.25) is 0 Å². The minimum Gasteiger partial charge on any atom is -0.368 e. The van der Waals surface area contributed by atoms with Gasteiger partial charge in [0, 0.05) is 18.6 Å². The fourth-order valence-electron chi connectivity index (χ4n) is 3.16. The lowest BCUT2D eigenvalue weighted by molar-refractivity contribution is -0.385. The summed E-state index contributed by atoms with van der Waals surface area (Å²) in [5.74, 6) is -0.774. The van der Waals surface area contributed by atoms with Crippen molar-refractivity contribution in [3.63, 3.8) is 0 Å². The van der Waals surface area contributed by atoms with E-state index in [0.29, 0.717) is 22.4 Å². The van der Waals surface area contributed by atoms with E-state index in [-0.39, 0.29) is 17.0 Å². The third kappa shape index (κ3) is 2.70. The molecule has 2 N–H and O–H groups in total. The number of primary amides is 1. The molecule has 0 aromatic heterocycles. The molecule has 0 radical (unpaired) electrons. The molecular weight excluding hydrogens is 358 g/mol. The summed E-state index contributed by atoms with van der Waals surface area (Å²) in [6, 6.07) is 8.00. The van der Waals surface area contributed by atoms with E-state index >= 15 is 0 Å². The lowest BCUT2D eigenvalue weighted by atomic mass is 10.1. The molecule has 1 amide bonds. The number of aryl methyl sites for hydroxylation is 1. The van der Waals surface area contributed by atoms with Crippen LogP contribution < -0.4 is 10.0 Å². The third-order valence-electron chi connectivity index (χ3n) is 4.61. The molecule has 0 saturated carbocycles. The zero-order valence-corrected chi connectivity index (χ0v) is 15.0. The highest BCUT2D eigenvalue weighted by molar-refractivity contribution is 7.93. The molecular formula is C17H17N3O5S. The molecule has 0 fully saturated rings. The number of nitro benzene ring substituents is 1. The Morgan fingerprint density at radius 3 is 2.54 bits per heavy atom. The van der Waals surface area contributed by atoms with Crippen LogP contribution in [0.4, 0.5) is 11.4 Å². The molecule has 1 aliphatic heterocycles. The number of carbonyl (C=O) groups excluding carboxylic acids is 1. The Balaban J connectivity index is 2.25. The maximum Gasteiger partial charge on any atom is 0.271 e. The van der Waals surface area contributed by atoms with Gasteiger partial charge in [-0.1, -0.05) is 18.2 Å². The smallest absolute Gasteiger partial charge is 0.271 e. The zero-order valence-electron chi connectivity index (χ0n) is 14.2. The Kier molecular flexibility index (Phi) is 4.19. The predicted octanol–water partition coefficient (Wildman–Crippen LogP) is 1.82. The molecule has 9 heteroatoms. The topological polar surface area (TPSA) is 124 Å². The molecule has 0 bridgehead atoms. The van der Waals surface area contributed by atoms with Crippen LogP contribution >= 0.6 is 0 Å². The van der Waals surface area contributed by atoms with E-state index in [1.165, 1.54) is 6.07 Å². The Morgan fingerprint density at radius 1 is 1.27 bits per heavy atom. The van der Waals surface area contributed by atoms with Crippen molar-refractivity contribution < 1.29 is 18.1 Å². The number of sulfonamides is 1. The number of non-ortho nitro benzene ring substituents is 1. The lowest BCUT2D eigenvalue weighted by Gasteiger charge is -2.26. The summed E-state index contributed by atoms with van der Waals surface area (Å²) in [5.41, 5.74) is 7.02. The van der Waals surface area contributed by atoms with Gasteiger partial charge in [-0.2, -0.15) is 0 Å². The third-order valence-corrected chi connectivity index (χ3v) is 6.55. The van der Waals surface area contributed by atoms with E-state index < -0.39 is 26.9 Å². The van der Waals surface area contributed by atoms with Crippen LogP contribution in [-0.4, -0.2) is 25.3 Å². The van der Waals surface area contributed by atoms with Gasteiger partial charge < -0.3 is 5.73 Å². The van der Waals surface area contributed by atoms with Crippen LogP contribution in [0.1, 0.15) is 16.7 Å². The minimum absolute atomic E-state index is 0.164. The number of nitrogens with zero attached hydrogens (tertiary/aromatic N) is 2. The number of nitrogens with two attached hydrogens (primary N) is 1. The van der Waals surface area contributed by atoms with Crippen molar-refractivity contribution in [1.82, 2.24) is 0 Å². The number of carbonyl (C=O) groups is 1. The van der Waals surface area contributed by atoms with Crippen LogP contribution in [-0.2, 0) is 21.2 Å². The quantitative estimate of drug-likeness (QED) is 0.645. The van der Waals surface area contributed by atoms with Gasteiger partial charge in [0.15, 0.2) is 0 Å². The fraction of sp³-hybridized carbons (Fsp3) is 0.235. The number of hydrogen-bond donors (Lipinski definition) is 1. The van der Waals surface area contributed by atoms with Gasteiger partial charge in [0.05, 0.1) is 15.5 Å². The van der Waals surface area contributed by atoms with E-state index in [4.69, 9.17) is 5.73 Å². The molecule has 3 rings (SSSR count). The second-order valence-electron chi connectivity index (χ2n) is 6.19. The predicted molar refractivity (Wildman–Crippen MR) is 95.4 cm³/mol. The maximum absolute atomic E-state index is 13.4. The molecule has 0 spiro atoms. The molecule has 0 saturated heterocycles. The number of benzene rings is 2. The highest BCUT2D eigenvalue weighted by atomic mass is 32.2. The van der Waals surface area contributed by atoms with Gasteiger partial charge in [0.25, 0.3) is 15.7 Å². The van der Waals surface area contributed by atoms with Crippen LogP contribution in [0, 0.1) is 24.0 Å². The van der Waals surface area contributed by atoms with Crippen LogP contribution in [0.3, 0.4) is 0 Å². The Labute approximate surface area is 150 Å². The van der Waals surface area contributed by atoms with Crippen LogP contribution in [0.25, 0.3) is 0 Å². The Hall–Kier alpha value is -2.94. The highest BCUT2D eigenvalue weighted by Crippen LogP contribution is 2.38. The van der Waals surface area contributed by atoms with Gasteiger partial charge in [0.1, 0.15) is 6.04 Å². The van der Waals surface area contributed by atoms with E-state index in [1.807, 2.05) is 0 Å². The van der Waals surface area contributed by atoms with E-state index in [9.17, 15) is 23.3 Å². The van der Waals surface area contributed by atoms with E-state index in [2.05, 4.69) is 0 Å². The first-order valence-electron chi connectivity index (χ1n) is 7.82. The first kappa shape index (κ1) is 17.9. The summed E-state index contributed by atoms with van der Waals surface area (Å²) >= 11 is 0. The second kappa shape index (κ2) is 6.10. The molecule has 0 aliphatic carbocycles. The Bertz CT molecular complexity index is 1030. The summed E-state index contributed by atoms with van der Waals surface area (Å²) in [6.45, 7) is 3.18. The largest absolute Gasteiger partial charge is 0.368 e. The highest BCUT2D eigenvalue weighted by Gasteiger charge is 2.42. The first-order valence-corrected chi connectivity index (χ1v) is 9.26. The monoisotopic (exact) mass is 375 g/mol. The van der Waals surface area contributed by atoms with Gasteiger partial charge >= 0.3 is 0 Å². The number of fused-ring (bicyclic) bond motifs is 1.